The highest BCUT2D eigenvalue weighted by atomic mass is 35.5. The highest BCUT2D eigenvalue weighted by Crippen LogP contribution is 2.33. The summed E-state index contributed by atoms with van der Waals surface area (Å²) in [5.74, 6) is 0.491. The zero-order valence-electron chi connectivity index (χ0n) is 15.7. The first-order valence-corrected chi connectivity index (χ1v) is 9.72. The lowest BCUT2D eigenvalue weighted by molar-refractivity contribution is -0.117. The van der Waals surface area contributed by atoms with Crippen LogP contribution in [0.4, 0.5) is 11.4 Å². The smallest absolute Gasteiger partial charge is 0.255 e. The number of amides is 2. The molecule has 6 heteroatoms. The number of hydrogen-bond donors (Lipinski definition) is 3. The number of carbonyl (C=O) groups is 2. The topological polar surface area (TPSA) is 70.2 Å². The molecule has 0 radical (unpaired) electrons. The number of rotatable bonds is 4. The van der Waals surface area contributed by atoms with E-state index in [0.29, 0.717) is 23.2 Å². The second-order valence-corrected chi connectivity index (χ2v) is 7.49. The van der Waals surface area contributed by atoms with Gasteiger partial charge in [-0.1, -0.05) is 31.0 Å². The molecule has 28 heavy (non-hydrogen) atoms. The monoisotopic (exact) mass is 399 g/mol. The van der Waals surface area contributed by atoms with Gasteiger partial charge in [-0.25, -0.2) is 0 Å². The molecule has 4 rings (SSSR count). The van der Waals surface area contributed by atoms with Crippen molar-refractivity contribution in [3.05, 3.63) is 60.2 Å². The van der Waals surface area contributed by atoms with Crippen LogP contribution in [0.3, 0.4) is 0 Å². The van der Waals surface area contributed by atoms with Gasteiger partial charge in [-0.15, -0.1) is 12.4 Å². The SMILES string of the molecule is Cl.O=C(Nc1ccccc1)c1ccc(NC(=O)C2CC3CCCCC3N2)cc1. The van der Waals surface area contributed by atoms with Crippen LogP contribution >= 0.6 is 12.4 Å². The van der Waals surface area contributed by atoms with Gasteiger partial charge in [-0.2, -0.15) is 0 Å². The molecule has 2 amide bonds. The molecule has 2 aromatic carbocycles. The molecule has 1 aliphatic heterocycles. The number of nitrogens with one attached hydrogen (secondary N) is 3. The zero-order valence-corrected chi connectivity index (χ0v) is 16.5. The second-order valence-electron chi connectivity index (χ2n) is 7.49. The zero-order chi connectivity index (χ0) is 18.6. The van der Waals surface area contributed by atoms with E-state index in [9.17, 15) is 9.59 Å². The Hall–Kier alpha value is -2.37. The molecule has 5 nitrogen and oxygen atoms in total. The van der Waals surface area contributed by atoms with Crippen LogP contribution < -0.4 is 16.0 Å². The summed E-state index contributed by atoms with van der Waals surface area (Å²) in [6.07, 6.45) is 5.87. The lowest BCUT2D eigenvalue weighted by Crippen LogP contribution is -2.39. The quantitative estimate of drug-likeness (QED) is 0.720. The molecule has 0 bridgehead atoms. The van der Waals surface area contributed by atoms with Crippen molar-refractivity contribution in [1.82, 2.24) is 5.32 Å². The fourth-order valence-electron chi connectivity index (χ4n) is 4.18. The van der Waals surface area contributed by atoms with Gasteiger partial charge in [0.05, 0.1) is 6.04 Å². The Balaban J connectivity index is 0.00000225. The summed E-state index contributed by atoms with van der Waals surface area (Å²) in [6.45, 7) is 0. The maximum atomic E-state index is 12.6. The maximum absolute atomic E-state index is 12.6. The van der Waals surface area contributed by atoms with Crippen molar-refractivity contribution < 1.29 is 9.59 Å². The summed E-state index contributed by atoms with van der Waals surface area (Å²) in [4.78, 5) is 24.9. The van der Waals surface area contributed by atoms with E-state index in [-0.39, 0.29) is 30.3 Å². The summed E-state index contributed by atoms with van der Waals surface area (Å²) in [5.41, 5.74) is 2.03. The van der Waals surface area contributed by atoms with Crippen molar-refractivity contribution in [2.24, 2.45) is 5.92 Å². The van der Waals surface area contributed by atoms with Gasteiger partial charge in [0.1, 0.15) is 0 Å². The standard InChI is InChI=1S/C22H25N3O2.ClH/c26-21(23-17-7-2-1-3-8-17)15-10-12-18(13-11-15)24-22(27)20-14-16-6-4-5-9-19(16)25-20;/h1-3,7-8,10-13,16,19-20,25H,4-6,9,14H2,(H,23,26)(H,24,27);1H. The largest absolute Gasteiger partial charge is 0.325 e. The number of para-hydroxylation sites is 1. The summed E-state index contributed by atoms with van der Waals surface area (Å²) in [7, 11) is 0. The van der Waals surface area contributed by atoms with Crippen LogP contribution in [0.2, 0.25) is 0 Å². The number of hydrogen-bond acceptors (Lipinski definition) is 3. The van der Waals surface area contributed by atoms with Gasteiger partial charge in [0.15, 0.2) is 0 Å². The Morgan fingerprint density at radius 2 is 1.54 bits per heavy atom. The van der Waals surface area contributed by atoms with E-state index >= 15 is 0 Å². The third-order valence-corrected chi connectivity index (χ3v) is 5.63. The Bertz CT molecular complexity index is 796. The molecule has 1 aliphatic carbocycles. The average molecular weight is 400 g/mol. The van der Waals surface area contributed by atoms with Crippen LogP contribution in [-0.2, 0) is 4.79 Å². The van der Waals surface area contributed by atoms with Gasteiger partial charge in [0.25, 0.3) is 5.91 Å². The van der Waals surface area contributed by atoms with Crippen molar-refractivity contribution in [2.75, 3.05) is 10.6 Å². The molecule has 1 heterocycles. The summed E-state index contributed by atoms with van der Waals surface area (Å²) >= 11 is 0. The van der Waals surface area contributed by atoms with Crippen LogP contribution in [0, 0.1) is 5.92 Å². The summed E-state index contributed by atoms with van der Waals surface area (Å²) < 4.78 is 0. The first-order valence-electron chi connectivity index (χ1n) is 9.72. The lowest BCUT2D eigenvalue weighted by Gasteiger charge is -2.24. The fourth-order valence-corrected chi connectivity index (χ4v) is 4.18. The number of anilines is 2. The van der Waals surface area contributed by atoms with E-state index in [1.165, 1.54) is 25.7 Å². The molecule has 1 saturated heterocycles. The Labute approximate surface area is 171 Å². The number of carbonyl (C=O) groups excluding carboxylic acids is 2. The number of halogens is 1. The first-order chi connectivity index (χ1) is 13.2. The van der Waals surface area contributed by atoms with E-state index in [1.807, 2.05) is 30.3 Å². The van der Waals surface area contributed by atoms with Crippen molar-refractivity contribution in [3.63, 3.8) is 0 Å². The molecule has 3 atom stereocenters. The number of benzene rings is 2. The third-order valence-electron chi connectivity index (χ3n) is 5.63. The minimum absolute atomic E-state index is 0. The van der Waals surface area contributed by atoms with Crippen LogP contribution in [0.1, 0.15) is 42.5 Å². The van der Waals surface area contributed by atoms with Gasteiger partial charge in [-0.05, 0) is 61.6 Å². The lowest BCUT2D eigenvalue weighted by atomic mass is 9.85. The minimum atomic E-state index is -0.166. The molecule has 1 saturated carbocycles. The minimum Gasteiger partial charge on any atom is -0.325 e. The van der Waals surface area contributed by atoms with Gasteiger partial charge in [0.2, 0.25) is 5.91 Å². The van der Waals surface area contributed by atoms with Crippen LogP contribution in [0.15, 0.2) is 54.6 Å². The molecule has 0 aromatic heterocycles. The van der Waals surface area contributed by atoms with Crippen molar-refractivity contribution in [1.29, 1.82) is 0 Å². The highest BCUT2D eigenvalue weighted by Gasteiger charge is 2.38. The summed E-state index contributed by atoms with van der Waals surface area (Å²) in [6, 6.07) is 16.8. The van der Waals surface area contributed by atoms with Crippen molar-refractivity contribution in [2.45, 2.75) is 44.2 Å². The van der Waals surface area contributed by atoms with Gasteiger partial charge >= 0.3 is 0 Å². The van der Waals surface area contributed by atoms with E-state index in [0.717, 1.165) is 12.1 Å². The van der Waals surface area contributed by atoms with Gasteiger partial charge in [0, 0.05) is 23.0 Å². The molecule has 148 valence electrons. The van der Waals surface area contributed by atoms with E-state index in [1.54, 1.807) is 24.3 Å². The third kappa shape index (κ3) is 4.72. The van der Waals surface area contributed by atoms with Gasteiger partial charge in [-0.3, -0.25) is 9.59 Å². The predicted molar refractivity (Wildman–Crippen MR) is 114 cm³/mol. The summed E-state index contributed by atoms with van der Waals surface area (Å²) in [5, 5.41) is 9.33. The van der Waals surface area contributed by atoms with E-state index in [2.05, 4.69) is 16.0 Å². The predicted octanol–water partition coefficient (Wildman–Crippen LogP) is 4.22. The van der Waals surface area contributed by atoms with Crippen molar-refractivity contribution >= 4 is 35.6 Å². The van der Waals surface area contributed by atoms with E-state index < -0.39 is 0 Å². The molecule has 2 aromatic rings. The molecule has 0 spiro atoms. The van der Waals surface area contributed by atoms with Gasteiger partial charge < -0.3 is 16.0 Å². The molecule has 2 fully saturated rings. The van der Waals surface area contributed by atoms with Crippen LogP contribution in [0.5, 0.6) is 0 Å². The Morgan fingerprint density at radius 3 is 2.25 bits per heavy atom. The fraction of sp³-hybridized carbons (Fsp3) is 0.364. The molecule has 3 N–H and O–H groups in total. The number of fused-ring (bicyclic) bond motifs is 1. The molecule has 3 unspecified atom stereocenters. The average Bonchev–Trinajstić information content (AvgIpc) is 3.14. The van der Waals surface area contributed by atoms with Crippen LogP contribution in [0.25, 0.3) is 0 Å². The van der Waals surface area contributed by atoms with E-state index in [4.69, 9.17) is 0 Å². The normalized spacial score (nSPS) is 23.2. The second kappa shape index (κ2) is 9.22. The maximum Gasteiger partial charge on any atom is 0.255 e. The molecule has 2 aliphatic rings. The van der Waals surface area contributed by atoms with Crippen LogP contribution in [-0.4, -0.2) is 23.9 Å². The molecular weight excluding hydrogens is 374 g/mol. The van der Waals surface area contributed by atoms with Crippen molar-refractivity contribution in [3.8, 4) is 0 Å². The first kappa shape index (κ1) is 20.4. The Kier molecular flexibility index (Phi) is 6.70. The highest BCUT2D eigenvalue weighted by molar-refractivity contribution is 6.04. The Morgan fingerprint density at radius 1 is 0.857 bits per heavy atom. The molecular formula is C22H26ClN3O2.